The van der Waals surface area contributed by atoms with Crippen LogP contribution in [0.15, 0.2) is 23.3 Å². The molecule has 164 valence electrons. The van der Waals surface area contributed by atoms with Gasteiger partial charge in [-0.2, -0.15) is 0 Å². The summed E-state index contributed by atoms with van der Waals surface area (Å²) in [6, 6.07) is -1.51. The molecule has 0 radical (unpaired) electrons. The zero-order valence-electron chi connectivity index (χ0n) is 16.8. The molecule has 4 atom stereocenters. The summed E-state index contributed by atoms with van der Waals surface area (Å²) in [6.45, 7) is 6.35. The van der Waals surface area contributed by atoms with E-state index in [2.05, 4.69) is 11.4 Å². The van der Waals surface area contributed by atoms with Crippen LogP contribution in [0.1, 0.15) is 47.0 Å². The van der Waals surface area contributed by atoms with Crippen molar-refractivity contribution >= 4 is 20.9 Å². The number of hydrogen-bond donors (Lipinski definition) is 6. The molecule has 28 heavy (non-hydrogen) atoms. The second kappa shape index (κ2) is 12.0. The Morgan fingerprint density at radius 3 is 2.07 bits per heavy atom. The van der Waals surface area contributed by atoms with E-state index < -0.39 is 45.0 Å². The Morgan fingerprint density at radius 1 is 1.07 bits per heavy atom. The van der Waals surface area contributed by atoms with E-state index in [1.807, 2.05) is 20.8 Å². The average Bonchev–Trinajstić information content (AvgIpc) is 2.48. The van der Waals surface area contributed by atoms with Crippen LogP contribution in [0.4, 0.5) is 0 Å². The molecule has 11 heteroatoms. The lowest BCUT2D eigenvalue weighted by molar-refractivity contribution is -0.142. The molecule has 0 saturated heterocycles. The number of aliphatic hydroxyl groups excluding tert-OH is 1. The molecule has 0 amide bonds. The Balaban J connectivity index is 5.05. The first-order chi connectivity index (χ1) is 12.7. The lowest BCUT2D eigenvalue weighted by atomic mass is 10.1. The number of nitrogens with one attached hydrogen (secondary N) is 1. The first kappa shape index (κ1) is 27.2. The molecule has 0 spiro atoms. The van der Waals surface area contributed by atoms with Gasteiger partial charge in [-0.1, -0.05) is 23.3 Å². The van der Waals surface area contributed by atoms with E-state index in [-0.39, 0.29) is 12.6 Å². The van der Waals surface area contributed by atoms with Crippen LogP contribution in [0, 0.1) is 0 Å². The maximum atomic E-state index is 12.6. The third-order valence-electron chi connectivity index (χ3n) is 4.16. The SMILES string of the molecule is CC(C)=CCC/C(C)=C/CCP(=O)(O)C(CN[C@H](C(=O)O)[C@@H](C)O)P(=O)(O)O. The maximum absolute atomic E-state index is 12.6. The van der Waals surface area contributed by atoms with Gasteiger partial charge in [0.15, 0.2) is 0 Å². The van der Waals surface area contributed by atoms with Gasteiger partial charge in [0.25, 0.3) is 0 Å². The van der Waals surface area contributed by atoms with Gasteiger partial charge in [0.1, 0.15) is 11.4 Å². The van der Waals surface area contributed by atoms with Gasteiger partial charge < -0.3 is 30.2 Å². The van der Waals surface area contributed by atoms with Gasteiger partial charge in [0, 0.05) is 12.7 Å². The van der Waals surface area contributed by atoms with Gasteiger partial charge in [-0.3, -0.25) is 13.9 Å². The lowest BCUT2D eigenvalue weighted by Crippen LogP contribution is -2.47. The molecule has 0 aliphatic rings. The average molecular weight is 441 g/mol. The molecule has 0 saturated carbocycles. The van der Waals surface area contributed by atoms with Crippen LogP contribution in [0.5, 0.6) is 0 Å². The number of carboxylic acid groups (broad SMARTS) is 1. The van der Waals surface area contributed by atoms with Crippen molar-refractivity contribution in [3.63, 3.8) is 0 Å². The third kappa shape index (κ3) is 10.7. The van der Waals surface area contributed by atoms with Crippen molar-refractivity contribution in [2.24, 2.45) is 0 Å². The number of rotatable bonds is 13. The highest BCUT2D eigenvalue weighted by Gasteiger charge is 2.44. The third-order valence-corrected chi connectivity index (χ3v) is 9.11. The molecular formula is C17H33NO8P2. The van der Waals surface area contributed by atoms with Crippen LogP contribution in [-0.2, 0) is 13.9 Å². The predicted octanol–water partition coefficient (Wildman–Crippen LogP) is 2.27. The predicted molar refractivity (Wildman–Crippen MR) is 109 cm³/mol. The smallest absolute Gasteiger partial charge is 0.339 e. The molecule has 0 fully saturated rings. The van der Waals surface area contributed by atoms with Crippen molar-refractivity contribution in [3.05, 3.63) is 23.3 Å². The molecule has 0 aliphatic heterocycles. The summed E-state index contributed by atoms with van der Waals surface area (Å²) in [4.78, 5) is 40.3. The van der Waals surface area contributed by atoms with E-state index in [9.17, 15) is 33.7 Å². The van der Waals surface area contributed by atoms with Gasteiger partial charge >= 0.3 is 13.6 Å². The minimum absolute atomic E-state index is 0.170. The lowest BCUT2D eigenvalue weighted by Gasteiger charge is -2.26. The van der Waals surface area contributed by atoms with E-state index >= 15 is 0 Å². The molecule has 2 unspecified atom stereocenters. The van der Waals surface area contributed by atoms with Gasteiger partial charge in [-0.25, -0.2) is 0 Å². The number of hydrogen-bond acceptors (Lipinski definition) is 5. The van der Waals surface area contributed by atoms with Crippen molar-refractivity contribution in [2.45, 2.75) is 64.5 Å². The fourth-order valence-electron chi connectivity index (χ4n) is 2.53. The van der Waals surface area contributed by atoms with Crippen LogP contribution in [0.25, 0.3) is 0 Å². The minimum atomic E-state index is -4.99. The quantitative estimate of drug-likeness (QED) is 0.186. The number of carbonyl (C=O) groups is 1. The Hall–Kier alpha value is -0.790. The summed E-state index contributed by atoms with van der Waals surface area (Å²) >= 11 is 0. The number of allylic oxidation sites excluding steroid dienone is 4. The van der Waals surface area contributed by atoms with Gasteiger partial charge in [-0.05, 0) is 47.0 Å². The summed E-state index contributed by atoms with van der Waals surface area (Å²) in [5.41, 5.74) is 2.20. The number of aliphatic carboxylic acids is 1. The summed E-state index contributed by atoms with van der Waals surface area (Å²) in [7, 11) is -9.28. The standard InChI is InChI=1S/C17H33NO8P2/c1-12(2)7-5-8-13(3)9-6-10-27(22,23)15(28(24,25)26)11-18-16(14(4)19)17(20)21/h7,9,14-16,18-19H,5-6,8,10-11H2,1-4H3,(H,20,21)(H,22,23)(H2,24,25,26)/b13-9+/t14-,15?,16+/m1/s1. The summed E-state index contributed by atoms with van der Waals surface area (Å²) in [5, 5.41) is 18.8. The molecular weight excluding hydrogens is 408 g/mol. The van der Waals surface area contributed by atoms with Crippen molar-refractivity contribution in [1.29, 1.82) is 0 Å². The van der Waals surface area contributed by atoms with Crippen molar-refractivity contribution in [2.75, 3.05) is 12.7 Å². The normalized spacial score (nSPS) is 18.1. The Labute approximate surface area is 166 Å². The van der Waals surface area contributed by atoms with E-state index in [0.717, 1.165) is 18.4 Å². The molecule has 0 heterocycles. The number of carboxylic acids is 1. The fraction of sp³-hybridized carbons (Fsp3) is 0.706. The van der Waals surface area contributed by atoms with E-state index in [1.165, 1.54) is 12.5 Å². The maximum Gasteiger partial charge on any atom is 0.339 e. The zero-order chi connectivity index (χ0) is 22.1. The summed E-state index contributed by atoms with van der Waals surface area (Å²) in [6.07, 6.45) is 3.94. The van der Waals surface area contributed by atoms with Crippen LogP contribution in [0.3, 0.4) is 0 Å². The summed E-state index contributed by atoms with van der Waals surface area (Å²) < 4.78 is 24.3. The minimum Gasteiger partial charge on any atom is -0.480 e. The molecule has 9 nitrogen and oxygen atoms in total. The first-order valence-corrected chi connectivity index (χ1v) is 12.6. The van der Waals surface area contributed by atoms with E-state index in [0.29, 0.717) is 0 Å². The topological polar surface area (TPSA) is 164 Å². The molecule has 0 rings (SSSR count). The zero-order valence-corrected chi connectivity index (χ0v) is 18.6. The van der Waals surface area contributed by atoms with Gasteiger partial charge in [0.2, 0.25) is 7.37 Å². The molecule has 0 aromatic rings. The first-order valence-electron chi connectivity index (χ1n) is 8.98. The van der Waals surface area contributed by atoms with Crippen LogP contribution < -0.4 is 5.32 Å². The second-order valence-corrected chi connectivity index (χ2v) is 12.0. The highest BCUT2D eigenvalue weighted by Crippen LogP contribution is 2.62. The Morgan fingerprint density at radius 2 is 1.64 bits per heavy atom. The molecule has 0 aliphatic carbocycles. The Kier molecular flexibility index (Phi) is 11.7. The highest BCUT2D eigenvalue weighted by molar-refractivity contribution is 7.74. The molecule has 0 bridgehead atoms. The largest absolute Gasteiger partial charge is 0.480 e. The van der Waals surface area contributed by atoms with Gasteiger partial charge in [0.05, 0.1) is 6.10 Å². The molecule has 0 aromatic carbocycles. The van der Waals surface area contributed by atoms with E-state index in [1.54, 1.807) is 6.08 Å². The van der Waals surface area contributed by atoms with Crippen molar-refractivity contribution < 1.29 is 38.8 Å². The second-order valence-electron chi connectivity index (χ2n) is 7.17. The van der Waals surface area contributed by atoms with E-state index in [4.69, 9.17) is 5.11 Å². The van der Waals surface area contributed by atoms with Crippen LogP contribution in [-0.4, -0.2) is 61.1 Å². The fourth-order valence-corrected chi connectivity index (χ4v) is 6.29. The Bertz CT molecular complexity index is 664. The monoisotopic (exact) mass is 441 g/mol. The molecule has 0 aromatic heterocycles. The van der Waals surface area contributed by atoms with Crippen molar-refractivity contribution in [1.82, 2.24) is 5.32 Å². The molecule has 6 N–H and O–H groups in total. The van der Waals surface area contributed by atoms with Gasteiger partial charge in [-0.15, -0.1) is 0 Å². The van der Waals surface area contributed by atoms with Crippen molar-refractivity contribution in [3.8, 4) is 0 Å². The number of aliphatic hydroxyl groups is 1. The summed E-state index contributed by atoms with van der Waals surface area (Å²) in [5.74, 6) is -1.43. The van der Waals surface area contributed by atoms with Crippen LogP contribution in [0.2, 0.25) is 0 Å². The van der Waals surface area contributed by atoms with Crippen LogP contribution >= 0.6 is 15.0 Å². The highest BCUT2D eigenvalue weighted by atomic mass is 31.2.